The summed E-state index contributed by atoms with van der Waals surface area (Å²) in [5.74, 6) is 0.963. The van der Waals surface area contributed by atoms with Gasteiger partial charge in [0.05, 0.1) is 6.10 Å². The van der Waals surface area contributed by atoms with Gasteiger partial charge in [-0.15, -0.1) is 0 Å². The molecular weight excluding hydrogens is 112 g/mol. The van der Waals surface area contributed by atoms with Crippen LogP contribution in [0.1, 0.15) is 32.1 Å². The largest absolute Gasteiger partial charge is 0.378 e. The van der Waals surface area contributed by atoms with Crippen molar-refractivity contribution in [1.29, 1.82) is 0 Å². The van der Waals surface area contributed by atoms with Crippen LogP contribution in [0.4, 0.5) is 0 Å². The van der Waals surface area contributed by atoms with E-state index in [9.17, 15) is 0 Å². The van der Waals surface area contributed by atoms with Gasteiger partial charge in [0.1, 0.15) is 0 Å². The summed E-state index contributed by atoms with van der Waals surface area (Å²) in [5, 5.41) is 0. The summed E-state index contributed by atoms with van der Waals surface area (Å²) in [6.07, 6.45) is 7.57. The maximum Gasteiger partial charge on any atom is 0.0603 e. The fraction of sp³-hybridized carbons (Fsp3) is 1.00. The van der Waals surface area contributed by atoms with E-state index >= 15 is 0 Å². The van der Waals surface area contributed by atoms with Crippen LogP contribution in [0, 0.1) is 5.92 Å². The van der Waals surface area contributed by atoms with E-state index in [1.165, 1.54) is 32.1 Å². The normalized spacial score (nSPS) is 36.7. The van der Waals surface area contributed by atoms with Gasteiger partial charge in [-0.05, 0) is 38.0 Å². The van der Waals surface area contributed by atoms with Gasteiger partial charge in [0.15, 0.2) is 0 Å². The minimum atomic E-state index is 0.666. The molecule has 0 unspecified atom stereocenters. The van der Waals surface area contributed by atoms with Crippen molar-refractivity contribution in [3.63, 3.8) is 0 Å². The molecule has 1 heterocycles. The highest BCUT2D eigenvalue weighted by molar-refractivity contribution is 4.83. The molecule has 2 rings (SSSR count). The van der Waals surface area contributed by atoms with Crippen LogP contribution in [-0.4, -0.2) is 12.7 Å². The van der Waals surface area contributed by atoms with E-state index in [1.54, 1.807) is 0 Å². The topological polar surface area (TPSA) is 9.23 Å². The number of ether oxygens (including phenoxy) is 1. The van der Waals surface area contributed by atoms with Gasteiger partial charge in [-0.2, -0.15) is 0 Å². The first-order valence-corrected chi connectivity index (χ1v) is 4.08. The third kappa shape index (κ3) is 1.26. The van der Waals surface area contributed by atoms with Crippen molar-refractivity contribution in [3.05, 3.63) is 0 Å². The molecule has 1 atom stereocenters. The number of hydrogen-bond donors (Lipinski definition) is 0. The fourth-order valence-electron chi connectivity index (χ4n) is 1.61. The Kier molecular flexibility index (Phi) is 1.46. The third-order valence-corrected chi connectivity index (χ3v) is 2.36. The average Bonchev–Trinajstić information content (AvgIpc) is 2.71. The minimum Gasteiger partial charge on any atom is -0.378 e. The maximum atomic E-state index is 5.60. The van der Waals surface area contributed by atoms with Crippen molar-refractivity contribution in [3.8, 4) is 0 Å². The first-order valence-electron chi connectivity index (χ1n) is 4.08. The molecule has 0 radical (unpaired) electrons. The molecule has 1 saturated heterocycles. The molecule has 0 aromatic rings. The lowest BCUT2D eigenvalue weighted by atomic mass is 10.1. The monoisotopic (exact) mass is 126 g/mol. The Morgan fingerprint density at radius 3 is 2.44 bits per heavy atom. The Labute approximate surface area is 56.4 Å². The van der Waals surface area contributed by atoms with Crippen molar-refractivity contribution in [1.82, 2.24) is 0 Å². The lowest BCUT2D eigenvalue weighted by Gasteiger charge is -2.21. The average molecular weight is 126 g/mol. The van der Waals surface area contributed by atoms with Crippen LogP contribution in [-0.2, 0) is 4.74 Å². The van der Waals surface area contributed by atoms with E-state index < -0.39 is 0 Å². The van der Waals surface area contributed by atoms with E-state index in [-0.39, 0.29) is 0 Å². The molecule has 0 aromatic carbocycles. The van der Waals surface area contributed by atoms with Crippen LogP contribution < -0.4 is 0 Å². The first kappa shape index (κ1) is 5.72. The summed E-state index contributed by atoms with van der Waals surface area (Å²) in [6, 6.07) is 0. The zero-order valence-electron chi connectivity index (χ0n) is 5.81. The van der Waals surface area contributed by atoms with Crippen LogP contribution in [0.3, 0.4) is 0 Å². The molecule has 1 aliphatic carbocycles. The maximum absolute atomic E-state index is 5.60. The molecule has 0 amide bonds. The second-order valence-corrected chi connectivity index (χ2v) is 3.24. The molecule has 2 fully saturated rings. The Morgan fingerprint density at radius 1 is 1.00 bits per heavy atom. The van der Waals surface area contributed by atoms with Gasteiger partial charge < -0.3 is 4.74 Å². The third-order valence-electron chi connectivity index (χ3n) is 2.36. The minimum absolute atomic E-state index is 0.666. The van der Waals surface area contributed by atoms with Crippen LogP contribution in [0.5, 0.6) is 0 Å². The lowest BCUT2D eigenvalue weighted by Crippen LogP contribution is -2.20. The van der Waals surface area contributed by atoms with E-state index in [4.69, 9.17) is 4.74 Å². The fourth-order valence-corrected chi connectivity index (χ4v) is 1.61. The van der Waals surface area contributed by atoms with Gasteiger partial charge in [0.25, 0.3) is 0 Å². The van der Waals surface area contributed by atoms with Crippen molar-refractivity contribution < 1.29 is 4.74 Å². The van der Waals surface area contributed by atoms with E-state index in [1.807, 2.05) is 0 Å². The highest BCUT2D eigenvalue weighted by Gasteiger charge is 2.32. The van der Waals surface area contributed by atoms with Crippen molar-refractivity contribution in [2.75, 3.05) is 6.61 Å². The molecule has 0 aromatic heterocycles. The summed E-state index contributed by atoms with van der Waals surface area (Å²) < 4.78 is 5.60. The predicted octanol–water partition coefficient (Wildman–Crippen LogP) is 1.97. The van der Waals surface area contributed by atoms with Crippen LogP contribution in [0.2, 0.25) is 0 Å². The van der Waals surface area contributed by atoms with Crippen LogP contribution in [0.15, 0.2) is 0 Å². The first-order chi connectivity index (χ1) is 4.47. The van der Waals surface area contributed by atoms with Crippen molar-refractivity contribution >= 4 is 0 Å². The Hall–Kier alpha value is -0.0400. The van der Waals surface area contributed by atoms with E-state index in [2.05, 4.69) is 0 Å². The Balaban J connectivity index is 1.80. The number of hydrogen-bond acceptors (Lipinski definition) is 1. The second-order valence-electron chi connectivity index (χ2n) is 3.24. The molecule has 1 nitrogen and oxygen atoms in total. The van der Waals surface area contributed by atoms with Crippen molar-refractivity contribution in [2.24, 2.45) is 5.92 Å². The second kappa shape index (κ2) is 2.30. The molecular formula is C8H14O. The molecule has 1 aliphatic heterocycles. The molecule has 1 heteroatoms. The quantitative estimate of drug-likeness (QED) is 0.522. The Morgan fingerprint density at radius 2 is 1.89 bits per heavy atom. The van der Waals surface area contributed by atoms with Gasteiger partial charge in [0.2, 0.25) is 0 Å². The van der Waals surface area contributed by atoms with Gasteiger partial charge in [-0.1, -0.05) is 0 Å². The van der Waals surface area contributed by atoms with Crippen molar-refractivity contribution in [2.45, 2.75) is 38.2 Å². The zero-order valence-corrected chi connectivity index (χ0v) is 5.81. The molecule has 0 spiro atoms. The highest BCUT2D eigenvalue weighted by Crippen LogP contribution is 2.37. The standard InChI is InChI=1S/C8H14O/c1-2-6-9-8(3-1)7-4-5-7/h7-8H,1-6H2/t8-/m0/s1. The van der Waals surface area contributed by atoms with Gasteiger partial charge in [-0.3, -0.25) is 0 Å². The van der Waals surface area contributed by atoms with Gasteiger partial charge >= 0.3 is 0 Å². The van der Waals surface area contributed by atoms with Gasteiger partial charge in [-0.25, -0.2) is 0 Å². The Bertz CT molecular complexity index is 90.7. The number of rotatable bonds is 1. The van der Waals surface area contributed by atoms with Crippen LogP contribution in [0.25, 0.3) is 0 Å². The molecule has 2 aliphatic rings. The van der Waals surface area contributed by atoms with E-state index in [0.717, 1.165) is 12.5 Å². The predicted molar refractivity (Wildman–Crippen MR) is 36.3 cm³/mol. The van der Waals surface area contributed by atoms with Crippen LogP contribution >= 0.6 is 0 Å². The zero-order chi connectivity index (χ0) is 6.10. The molecule has 0 N–H and O–H groups in total. The summed E-state index contributed by atoms with van der Waals surface area (Å²) in [5.41, 5.74) is 0. The molecule has 9 heavy (non-hydrogen) atoms. The molecule has 1 saturated carbocycles. The summed E-state index contributed by atoms with van der Waals surface area (Å²) in [7, 11) is 0. The molecule has 0 bridgehead atoms. The summed E-state index contributed by atoms with van der Waals surface area (Å²) >= 11 is 0. The molecule has 52 valence electrons. The van der Waals surface area contributed by atoms with E-state index in [0.29, 0.717) is 6.10 Å². The lowest BCUT2D eigenvalue weighted by molar-refractivity contribution is 0.00261. The highest BCUT2D eigenvalue weighted by atomic mass is 16.5. The SMILES string of the molecule is C1CC[C@@H](C2CC2)OC1. The summed E-state index contributed by atoms with van der Waals surface area (Å²) in [6.45, 7) is 1.03. The smallest absolute Gasteiger partial charge is 0.0603 e. The summed E-state index contributed by atoms with van der Waals surface area (Å²) in [4.78, 5) is 0. The van der Waals surface area contributed by atoms with Gasteiger partial charge in [0, 0.05) is 6.61 Å².